The minimum absolute atomic E-state index is 0.0720. The maximum absolute atomic E-state index is 11.1. The molecule has 0 saturated carbocycles. The molecule has 0 spiro atoms. The van der Waals surface area contributed by atoms with Crippen molar-refractivity contribution in [2.75, 3.05) is 14.2 Å². The molecule has 0 aromatic carbocycles. The topological polar surface area (TPSA) is 47.6 Å². The summed E-state index contributed by atoms with van der Waals surface area (Å²) in [6.07, 6.45) is 1.83. The van der Waals surface area contributed by atoms with Gasteiger partial charge in [0, 0.05) is 18.5 Å². The van der Waals surface area contributed by atoms with E-state index in [4.69, 9.17) is 9.47 Å². The van der Waals surface area contributed by atoms with E-state index in [1.807, 2.05) is 0 Å². The van der Waals surface area contributed by atoms with Gasteiger partial charge < -0.3 is 14.8 Å². The first-order valence-electron chi connectivity index (χ1n) is 4.55. The van der Waals surface area contributed by atoms with Crippen molar-refractivity contribution in [2.45, 2.75) is 19.3 Å². The maximum atomic E-state index is 11.1. The van der Waals surface area contributed by atoms with Crippen LogP contribution in [0.3, 0.4) is 0 Å². The van der Waals surface area contributed by atoms with Crippen molar-refractivity contribution in [3.8, 4) is 0 Å². The van der Waals surface area contributed by atoms with Gasteiger partial charge in [0.1, 0.15) is 11.5 Å². The van der Waals surface area contributed by atoms with Crippen LogP contribution in [-0.4, -0.2) is 20.1 Å². The summed E-state index contributed by atoms with van der Waals surface area (Å²) in [4.78, 5) is 11.1. The molecule has 0 fully saturated rings. The molecule has 0 bridgehead atoms. The second-order valence-electron chi connectivity index (χ2n) is 3.42. The van der Waals surface area contributed by atoms with Crippen LogP contribution in [0.5, 0.6) is 0 Å². The van der Waals surface area contributed by atoms with E-state index in [1.165, 1.54) is 0 Å². The Bertz CT molecular complexity index is 301. The number of hydrogen-bond acceptors (Lipinski definition) is 3. The van der Waals surface area contributed by atoms with Gasteiger partial charge in [-0.1, -0.05) is 0 Å². The summed E-state index contributed by atoms with van der Waals surface area (Å²) in [5, 5.41) is 2.84. The molecule has 76 valence electrons. The molecule has 2 rings (SSSR count). The molecule has 0 atom stereocenters. The summed E-state index contributed by atoms with van der Waals surface area (Å²) in [5.74, 6) is 1.72. The highest BCUT2D eigenvalue weighted by Crippen LogP contribution is 2.33. The summed E-state index contributed by atoms with van der Waals surface area (Å²) in [6.45, 7) is 0. The molecule has 4 nitrogen and oxygen atoms in total. The molecule has 0 unspecified atom stereocenters. The fourth-order valence-electron chi connectivity index (χ4n) is 1.86. The van der Waals surface area contributed by atoms with Crippen molar-refractivity contribution >= 4 is 5.91 Å². The van der Waals surface area contributed by atoms with Gasteiger partial charge in [0.25, 0.3) is 0 Å². The molecule has 1 amide bonds. The van der Waals surface area contributed by atoms with E-state index in [9.17, 15) is 4.79 Å². The number of allylic oxidation sites excluding steroid dienone is 1. The van der Waals surface area contributed by atoms with Gasteiger partial charge in [-0.05, 0) is 5.57 Å². The third-order valence-electron chi connectivity index (χ3n) is 2.61. The fraction of sp³-hybridized carbons (Fsp3) is 0.500. The van der Waals surface area contributed by atoms with Gasteiger partial charge in [0.15, 0.2) is 0 Å². The van der Waals surface area contributed by atoms with Gasteiger partial charge in [-0.25, -0.2) is 0 Å². The van der Waals surface area contributed by atoms with E-state index in [2.05, 4.69) is 5.32 Å². The summed E-state index contributed by atoms with van der Waals surface area (Å²) < 4.78 is 10.4. The number of carbonyl (C=O) groups excluding carboxylic acids is 1. The molecule has 1 aliphatic carbocycles. The van der Waals surface area contributed by atoms with E-state index >= 15 is 0 Å². The van der Waals surface area contributed by atoms with E-state index in [1.54, 1.807) is 14.2 Å². The predicted octanol–water partition coefficient (Wildman–Crippen LogP) is 1.06. The highest BCUT2D eigenvalue weighted by molar-refractivity contribution is 5.84. The molecule has 0 saturated heterocycles. The van der Waals surface area contributed by atoms with Crippen molar-refractivity contribution < 1.29 is 14.3 Å². The molecule has 4 heteroatoms. The van der Waals surface area contributed by atoms with Crippen molar-refractivity contribution in [1.29, 1.82) is 0 Å². The molecule has 0 aromatic heterocycles. The number of amides is 1. The van der Waals surface area contributed by atoms with Crippen LogP contribution < -0.4 is 5.32 Å². The molecule has 1 aliphatic heterocycles. The smallest absolute Gasteiger partial charge is 0.228 e. The molecule has 1 N–H and O–H groups in total. The molecule has 0 radical (unpaired) electrons. The molecular weight excluding hydrogens is 182 g/mol. The Morgan fingerprint density at radius 2 is 1.71 bits per heavy atom. The molecule has 1 heterocycles. The van der Waals surface area contributed by atoms with Crippen LogP contribution in [0.15, 0.2) is 22.8 Å². The Labute approximate surface area is 82.6 Å². The van der Waals surface area contributed by atoms with Gasteiger partial charge in [-0.3, -0.25) is 4.79 Å². The van der Waals surface area contributed by atoms with Crippen molar-refractivity contribution in [1.82, 2.24) is 5.32 Å². The van der Waals surface area contributed by atoms with E-state index in [0.717, 1.165) is 22.8 Å². The van der Waals surface area contributed by atoms with Crippen LogP contribution in [-0.2, 0) is 14.3 Å². The Balaban J connectivity index is 2.20. The molecule has 0 aromatic rings. The third-order valence-corrected chi connectivity index (χ3v) is 2.61. The fourth-order valence-corrected chi connectivity index (χ4v) is 1.86. The second-order valence-corrected chi connectivity index (χ2v) is 3.42. The zero-order valence-corrected chi connectivity index (χ0v) is 8.35. The van der Waals surface area contributed by atoms with Gasteiger partial charge in [-0.15, -0.1) is 0 Å². The predicted molar refractivity (Wildman–Crippen MR) is 50.1 cm³/mol. The minimum atomic E-state index is 0.0720. The largest absolute Gasteiger partial charge is 0.497 e. The summed E-state index contributed by atoms with van der Waals surface area (Å²) in [7, 11) is 3.25. The standard InChI is InChI=1S/C10H13NO3/c1-13-8-3-6-4-10(12)11-7(6)5-9(8)14-2/h3-5H2,1-2H3,(H,11,12). The maximum Gasteiger partial charge on any atom is 0.228 e. The Morgan fingerprint density at radius 3 is 2.36 bits per heavy atom. The SMILES string of the molecule is COC1=C(OC)CC2=C(CC(=O)N2)C1. The third kappa shape index (κ3) is 1.36. The summed E-state index contributed by atoms with van der Waals surface area (Å²) in [6, 6.07) is 0. The number of methoxy groups -OCH3 is 2. The lowest BCUT2D eigenvalue weighted by atomic mass is 10.00. The van der Waals surface area contributed by atoms with Crippen molar-refractivity contribution in [2.24, 2.45) is 0 Å². The molecule has 14 heavy (non-hydrogen) atoms. The molecule has 2 aliphatic rings. The normalized spacial score (nSPS) is 20.9. The van der Waals surface area contributed by atoms with Gasteiger partial charge in [0.05, 0.1) is 20.6 Å². The van der Waals surface area contributed by atoms with Crippen LogP contribution in [0.1, 0.15) is 19.3 Å². The lowest BCUT2D eigenvalue weighted by Gasteiger charge is -2.19. The molecular formula is C10H13NO3. The van der Waals surface area contributed by atoms with Crippen LogP contribution in [0.25, 0.3) is 0 Å². The van der Waals surface area contributed by atoms with Crippen molar-refractivity contribution in [3.05, 3.63) is 22.8 Å². The highest BCUT2D eigenvalue weighted by Gasteiger charge is 2.28. The minimum Gasteiger partial charge on any atom is -0.497 e. The number of nitrogens with one attached hydrogen (secondary N) is 1. The Morgan fingerprint density at radius 1 is 1.07 bits per heavy atom. The first-order chi connectivity index (χ1) is 6.74. The van der Waals surface area contributed by atoms with E-state index in [-0.39, 0.29) is 5.91 Å². The summed E-state index contributed by atoms with van der Waals surface area (Å²) >= 11 is 0. The summed E-state index contributed by atoms with van der Waals surface area (Å²) in [5.41, 5.74) is 2.13. The van der Waals surface area contributed by atoms with Gasteiger partial charge >= 0.3 is 0 Å². The first-order valence-corrected chi connectivity index (χ1v) is 4.55. The number of hydrogen-bond donors (Lipinski definition) is 1. The van der Waals surface area contributed by atoms with Gasteiger partial charge in [0.2, 0.25) is 5.91 Å². The number of ether oxygens (including phenoxy) is 2. The first kappa shape index (κ1) is 9.12. The van der Waals surface area contributed by atoms with Crippen LogP contribution >= 0.6 is 0 Å². The van der Waals surface area contributed by atoms with Crippen LogP contribution in [0, 0.1) is 0 Å². The second kappa shape index (κ2) is 3.36. The van der Waals surface area contributed by atoms with Crippen LogP contribution in [0.2, 0.25) is 0 Å². The zero-order chi connectivity index (χ0) is 10.1. The lowest BCUT2D eigenvalue weighted by molar-refractivity contribution is -0.118. The lowest BCUT2D eigenvalue weighted by Crippen LogP contribution is -2.16. The highest BCUT2D eigenvalue weighted by atomic mass is 16.5. The average molecular weight is 195 g/mol. The van der Waals surface area contributed by atoms with Crippen LogP contribution in [0.4, 0.5) is 0 Å². The Hall–Kier alpha value is -1.45. The average Bonchev–Trinajstić information content (AvgIpc) is 2.54. The quantitative estimate of drug-likeness (QED) is 0.716. The number of carbonyl (C=O) groups is 1. The van der Waals surface area contributed by atoms with Gasteiger partial charge in [-0.2, -0.15) is 0 Å². The van der Waals surface area contributed by atoms with E-state index in [0.29, 0.717) is 19.3 Å². The van der Waals surface area contributed by atoms with E-state index < -0.39 is 0 Å². The van der Waals surface area contributed by atoms with Crippen molar-refractivity contribution in [3.63, 3.8) is 0 Å². The zero-order valence-electron chi connectivity index (χ0n) is 8.35. The number of rotatable bonds is 2. The Kier molecular flexibility index (Phi) is 2.19. The monoisotopic (exact) mass is 195 g/mol.